The fraction of sp³-hybridized carbons (Fsp3) is 0.111. The van der Waals surface area contributed by atoms with Gasteiger partial charge in [0.1, 0.15) is 13.1 Å². The summed E-state index contributed by atoms with van der Waals surface area (Å²) in [5.74, 6) is -1.47. The number of anilines is 1. The Balaban J connectivity index is 1.83. The van der Waals surface area contributed by atoms with Crippen molar-refractivity contribution in [2.45, 2.75) is 0 Å². The number of carbonyl (C=O) groups is 3. The second-order valence-corrected chi connectivity index (χ2v) is 5.22. The molecule has 0 spiro atoms. The van der Waals surface area contributed by atoms with Crippen LogP contribution in [0.3, 0.4) is 0 Å². The van der Waals surface area contributed by atoms with Gasteiger partial charge in [0.25, 0.3) is 11.8 Å². The summed E-state index contributed by atoms with van der Waals surface area (Å²) in [5, 5.41) is 8.96. The normalized spacial score (nSPS) is 12.7. The molecule has 0 fully saturated rings. The second-order valence-electron chi connectivity index (χ2n) is 5.22. The van der Waals surface area contributed by atoms with E-state index in [1.165, 1.54) is 4.90 Å². The highest BCUT2D eigenvalue weighted by Gasteiger charge is 2.37. The summed E-state index contributed by atoms with van der Waals surface area (Å²) in [6, 6.07) is 17.1. The molecule has 0 N–H and O–H groups in total. The maximum atomic E-state index is 12.6. The summed E-state index contributed by atoms with van der Waals surface area (Å²) in [4.78, 5) is 39.4. The molecule has 6 nitrogen and oxygen atoms in total. The minimum Gasteiger partial charge on any atom is -0.297 e. The van der Waals surface area contributed by atoms with Crippen molar-refractivity contribution in [3.05, 3.63) is 65.7 Å². The van der Waals surface area contributed by atoms with E-state index < -0.39 is 24.3 Å². The largest absolute Gasteiger partial charge is 0.297 e. The third-order valence-corrected chi connectivity index (χ3v) is 3.77. The minimum atomic E-state index is -0.492. The zero-order valence-corrected chi connectivity index (χ0v) is 12.7. The Hall–Kier alpha value is -3.46. The number of fused-ring (bicyclic) bond motifs is 1. The van der Waals surface area contributed by atoms with Crippen LogP contribution in [0.1, 0.15) is 20.7 Å². The number of rotatable bonds is 4. The van der Waals surface area contributed by atoms with Crippen molar-refractivity contribution in [1.29, 1.82) is 5.26 Å². The number of benzene rings is 2. The van der Waals surface area contributed by atoms with Gasteiger partial charge in [0.15, 0.2) is 0 Å². The Morgan fingerprint density at radius 1 is 0.958 bits per heavy atom. The van der Waals surface area contributed by atoms with Crippen LogP contribution < -0.4 is 4.90 Å². The van der Waals surface area contributed by atoms with Gasteiger partial charge in [-0.3, -0.25) is 24.2 Å². The van der Waals surface area contributed by atoms with Crippen LogP contribution >= 0.6 is 0 Å². The molecule has 2 aromatic rings. The molecule has 1 heterocycles. The summed E-state index contributed by atoms with van der Waals surface area (Å²) in [5.41, 5.74) is 1.13. The fourth-order valence-electron chi connectivity index (χ4n) is 2.61. The van der Waals surface area contributed by atoms with Crippen molar-refractivity contribution in [1.82, 2.24) is 4.90 Å². The van der Waals surface area contributed by atoms with E-state index in [0.29, 0.717) is 16.8 Å². The van der Waals surface area contributed by atoms with Crippen molar-refractivity contribution >= 4 is 23.4 Å². The van der Waals surface area contributed by atoms with Crippen LogP contribution in [-0.4, -0.2) is 35.7 Å². The van der Waals surface area contributed by atoms with Crippen LogP contribution in [-0.2, 0) is 4.79 Å². The van der Waals surface area contributed by atoms with Crippen LogP contribution in [0.15, 0.2) is 54.6 Å². The van der Waals surface area contributed by atoms with Gasteiger partial charge in [-0.05, 0) is 24.3 Å². The Morgan fingerprint density at radius 2 is 1.50 bits per heavy atom. The molecule has 24 heavy (non-hydrogen) atoms. The van der Waals surface area contributed by atoms with Gasteiger partial charge >= 0.3 is 0 Å². The lowest BCUT2D eigenvalue weighted by Gasteiger charge is -2.22. The van der Waals surface area contributed by atoms with Crippen molar-refractivity contribution in [3.8, 4) is 6.07 Å². The Morgan fingerprint density at radius 3 is 2.04 bits per heavy atom. The van der Waals surface area contributed by atoms with E-state index in [2.05, 4.69) is 0 Å². The van der Waals surface area contributed by atoms with Crippen molar-refractivity contribution in [3.63, 3.8) is 0 Å². The first-order valence-corrected chi connectivity index (χ1v) is 7.31. The number of nitriles is 1. The average Bonchev–Trinajstić information content (AvgIpc) is 2.85. The fourth-order valence-corrected chi connectivity index (χ4v) is 2.61. The van der Waals surface area contributed by atoms with E-state index in [4.69, 9.17) is 5.26 Å². The van der Waals surface area contributed by atoms with Crippen LogP contribution in [0.5, 0.6) is 0 Å². The molecule has 3 amide bonds. The molecule has 0 atom stereocenters. The summed E-state index contributed by atoms with van der Waals surface area (Å²) in [7, 11) is 0. The van der Waals surface area contributed by atoms with E-state index >= 15 is 0 Å². The molecule has 0 aromatic heterocycles. The first-order valence-electron chi connectivity index (χ1n) is 7.31. The van der Waals surface area contributed by atoms with Gasteiger partial charge in [0, 0.05) is 5.69 Å². The molecule has 6 heteroatoms. The third-order valence-electron chi connectivity index (χ3n) is 3.77. The zero-order chi connectivity index (χ0) is 17.1. The molecular weight excluding hydrogens is 306 g/mol. The standard InChI is InChI=1S/C18H13N3O3/c19-10-11-20(13-6-2-1-3-7-13)16(22)12-21-17(23)14-8-4-5-9-15(14)18(21)24/h1-9H,11-12H2. The third kappa shape index (κ3) is 2.63. The van der Waals surface area contributed by atoms with Gasteiger partial charge in [0.2, 0.25) is 5.91 Å². The summed E-state index contributed by atoms with van der Waals surface area (Å²) in [6.45, 7) is -0.561. The molecule has 0 aliphatic carbocycles. The van der Waals surface area contributed by atoms with Gasteiger partial charge in [-0.15, -0.1) is 0 Å². The molecule has 0 radical (unpaired) electrons. The molecule has 0 saturated carbocycles. The predicted molar refractivity (Wildman–Crippen MR) is 86.2 cm³/mol. The molecule has 1 aliphatic heterocycles. The number of hydrogen-bond acceptors (Lipinski definition) is 4. The topological polar surface area (TPSA) is 81.5 Å². The highest BCUT2D eigenvalue weighted by atomic mass is 16.2. The molecule has 0 saturated heterocycles. The number of hydrogen-bond donors (Lipinski definition) is 0. The highest BCUT2D eigenvalue weighted by Crippen LogP contribution is 2.23. The number of carbonyl (C=O) groups excluding carboxylic acids is 3. The SMILES string of the molecule is N#CCN(C(=O)CN1C(=O)c2ccccc2C1=O)c1ccccc1. The van der Waals surface area contributed by atoms with Crippen LogP contribution in [0.4, 0.5) is 5.69 Å². The molecule has 0 bridgehead atoms. The van der Waals surface area contributed by atoms with Crippen molar-refractivity contribution < 1.29 is 14.4 Å². The quantitative estimate of drug-likeness (QED) is 0.636. The lowest BCUT2D eigenvalue weighted by atomic mass is 10.1. The Bertz CT molecular complexity index is 820. The maximum absolute atomic E-state index is 12.6. The molecular formula is C18H13N3O3. The van der Waals surface area contributed by atoms with E-state index in [0.717, 1.165) is 4.90 Å². The molecule has 2 aromatic carbocycles. The maximum Gasteiger partial charge on any atom is 0.262 e. The monoisotopic (exact) mass is 319 g/mol. The Kier molecular flexibility index (Phi) is 4.08. The molecule has 0 unspecified atom stereocenters. The average molecular weight is 319 g/mol. The minimum absolute atomic E-state index is 0.161. The number of amides is 3. The second kappa shape index (κ2) is 6.34. The molecule has 118 valence electrons. The van der Waals surface area contributed by atoms with Crippen LogP contribution in [0.25, 0.3) is 0 Å². The number of nitrogens with zero attached hydrogens (tertiary/aromatic N) is 3. The number of para-hydroxylation sites is 1. The summed E-state index contributed by atoms with van der Waals surface area (Å²) < 4.78 is 0. The van der Waals surface area contributed by atoms with Crippen LogP contribution in [0.2, 0.25) is 0 Å². The lowest BCUT2D eigenvalue weighted by Crippen LogP contribution is -2.43. The summed E-state index contributed by atoms with van der Waals surface area (Å²) in [6.07, 6.45) is 0. The Labute approximate surface area is 138 Å². The number of imide groups is 1. The molecule has 1 aliphatic rings. The van der Waals surface area contributed by atoms with E-state index in [-0.39, 0.29) is 6.54 Å². The van der Waals surface area contributed by atoms with Gasteiger partial charge < -0.3 is 0 Å². The van der Waals surface area contributed by atoms with E-state index in [9.17, 15) is 14.4 Å². The zero-order valence-electron chi connectivity index (χ0n) is 12.7. The van der Waals surface area contributed by atoms with Crippen LogP contribution in [0, 0.1) is 11.3 Å². The predicted octanol–water partition coefficient (Wildman–Crippen LogP) is 1.84. The van der Waals surface area contributed by atoms with Gasteiger partial charge in [0.05, 0.1) is 17.2 Å². The van der Waals surface area contributed by atoms with Gasteiger partial charge in [-0.25, -0.2) is 0 Å². The van der Waals surface area contributed by atoms with Crippen molar-refractivity contribution in [2.75, 3.05) is 18.0 Å². The highest BCUT2D eigenvalue weighted by molar-refractivity contribution is 6.22. The van der Waals surface area contributed by atoms with Gasteiger partial charge in [-0.1, -0.05) is 30.3 Å². The summed E-state index contributed by atoms with van der Waals surface area (Å²) >= 11 is 0. The van der Waals surface area contributed by atoms with E-state index in [1.807, 2.05) is 6.07 Å². The van der Waals surface area contributed by atoms with Crippen molar-refractivity contribution in [2.24, 2.45) is 0 Å². The first kappa shape index (κ1) is 15.4. The lowest BCUT2D eigenvalue weighted by molar-refractivity contribution is -0.118. The smallest absolute Gasteiger partial charge is 0.262 e. The van der Waals surface area contributed by atoms with Gasteiger partial charge in [-0.2, -0.15) is 5.26 Å². The first-order chi connectivity index (χ1) is 11.6. The van der Waals surface area contributed by atoms with E-state index in [1.54, 1.807) is 54.6 Å². The molecule has 3 rings (SSSR count).